The molecule has 98 valence electrons. The Hall–Kier alpha value is -1.10. The third-order valence-corrected chi connectivity index (χ3v) is 3.18. The Bertz CT molecular complexity index is 246. The molecule has 0 aromatic carbocycles. The van der Waals surface area contributed by atoms with Gasteiger partial charge in [-0.25, -0.2) is 0 Å². The largest absolute Gasteiger partial charge is 0.465 e. The predicted molar refractivity (Wildman–Crippen MR) is 60.2 cm³/mol. The molecule has 17 heavy (non-hydrogen) atoms. The molecule has 0 aromatic heterocycles. The molecule has 5 nitrogen and oxygen atoms in total. The van der Waals surface area contributed by atoms with Crippen LogP contribution in [0.2, 0.25) is 0 Å². The molecule has 1 rings (SSSR count). The molecule has 1 saturated heterocycles. The van der Waals surface area contributed by atoms with E-state index in [9.17, 15) is 14.7 Å². The normalized spacial score (nSPS) is 22.2. The second-order valence-corrected chi connectivity index (χ2v) is 4.54. The molecule has 1 N–H and O–H groups in total. The maximum atomic E-state index is 11.4. The average Bonchev–Trinajstić information content (AvgIpc) is 2.37. The third kappa shape index (κ3) is 4.34. The van der Waals surface area contributed by atoms with E-state index in [1.165, 1.54) is 0 Å². The quantitative estimate of drug-likeness (QED) is 0.735. The molecular formula is C12H20O5. The van der Waals surface area contributed by atoms with Gasteiger partial charge in [0.2, 0.25) is 0 Å². The van der Waals surface area contributed by atoms with Crippen LogP contribution in [0, 0.1) is 5.41 Å². The molecule has 1 aliphatic heterocycles. The van der Waals surface area contributed by atoms with E-state index in [0.29, 0.717) is 32.1 Å². The summed E-state index contributed by atoms with van der Waals surface area (Å²) >= 11 is 0. The van der Waals surface area contributed by atoms with Crippen LogP contribution in [0.4, 0.5) is 0 Å². The van der Waals surface area contributed by atoms with Crippen LogP contribution in [-0.2, 0) is 19.1 Å². The Kier molecular flexibility index (Phi) is 5.41. The van der Waals surface area contributed by atoms with E-state index in [0.717, 1.165) is 0 Å². The van der Waals surface area contributed by atoms with Crippen LogP contribution in [0.3, 0.4) is 0 Å². The summed E-state index contributed by atoms with van der Waals surface area (Å²) in [5.41, 5.74) is -0.657. The number of aliphatic hydroxyl groups excluding tert-OH is 1. The number of rotatable bonds is 2. The fraction of sp³-hybridized carbons (Fsp3) is 0.833. The van der Waals surface area contributed by atoms with Gasteiger partial charge in [-0.2, -0.15) is 0 Å². The molecule has 1 heterocycles. The highest BCUT2D eigenvalue weighted by molar-refractivity contribution is 5.70. The minimum Gasteiger partial charge on any atom is -0.465 e. The van der Waals surface area contributed by atoms with Gasteiger partial charge >= 0.3 is 11.9 Å². The second kappa shape index (κ2) is 6.59. The van der Waals surface area contributed by atoms with Crippen molar-refractivity contribution in [3.05, 3.63) is 0 Å². The number of carbonyl (C=O) groups excluding carboxylic acids is 2. The summed E-state index contributed by atoms with van der Waals surface area (Å²) in [5, 5.41) is 9.38. The molecule has 0 amide bonds. The lowest BCUT2D eigenvalue weighted by atomic mass is 9.88. The summed E-state index contributed by atoms with van der Waals surface area (Å²) in [6, 6.07) is 0. The zero-order valence-corrected chi connectivity index (χ0v) is 10.2. The van der Waals surface area contributed by atoms with Gasteiger partial charge in [0.1, 0.15) is 13.2 Å². The lowest BCUT2D eigenvalue weighted by Crippen LogP contribution is -2.37. The van der Waals surface area contributed by atoms with Gasteiger partial charge in [-0.15, -0.1) is 0 Å². The van der Waals surface area contributed by atoms with Gasteiger partial charge in [0.05, 0.1) is 12.0 Å². The van der Waals surface area contributed by atoms with E-state index in [-0.39, 0.29) is 31.8 Å². The number of aliphatic hydroxyl groups is 1. The van der Waals surface area contributed by atoms with Crippen molar-refractivity contribution in [2.75, 3.05) is 19.8 Å². The molecule has 5 heteroatoms. The second-order valence-electron chi connectivity index (χ2n) is 4.54. The Morgan fingerprint density at radius 1 is 1.12 bits per heavy atom. The lowest BCUT2D eigenvalue weighted by molar-refractivity contribution is -0.155. The summed E-state index contributed by atoms with van der Waals surface area (Å²) in [6.07, 6.45) is 2.49. The minimum atomic E-state index is -0.657. The number of hydrogen-bond acceptors (Lipinski definition) is 5. The van der Waals surface area contributed by atoms with Crippen molar-refractivity contribution in [1.29, 1.82) is 0 Å². The highest BCUT2D eigenvalue weighted by Crippen LogP contribution is 2.23. The van der Waals surface area contributed by atoms with Crippen LogP contribution in [0.15, 0.2) is 0 Å². The van der Waals surface area contributed by atoms with Gasteiger partial charge in [-0.1, -0.05) is 6.92 Å². The standard InChI is InChI=1S/C12H20O5/c1-2-12(7-13)8-16-10(14)5-3-4-6-11(15)17-9-12/h13H,2-9H2,1H3. The topological polar surface area (TPSA) is 72.8 Å². The first-order valence-corrected chi connectivity index (χ1v) is 6.04. The zero-order chi connectivity index (χ0) is 12.7. The van der Waals surface area contributed by atoms with E-state index in [2.05, 4.69) is 0 Å². The smallest absolute Gasteiger partial charge is 0.305 e. The SMILES string of the molecule is CCC1(CO)COC(=O)CCCCC(=O)OC1. The lowest BCUT2D eigenvalue weighted by Gasteiger charge is -2.29. The Morgan fingerprint density at radius 3 is 1.94 bits per heavy atom. The number of ether oxygens (including phenoxy) is 2. The molecule has 1 aliphatic rings. The zero-order valence-electron chi connectivity index (χ0n) is 10.2. The van der Waals surface area contributed by atoms with Crippen LogP contribution in [0.25, 0.3) is 0 Å². The average molecular weight is 244 g/mol. The Labute approximate surface area is 101 Å². The van der Waals surface area contributed by atoms with E-state index < -0.39 is 5.41 Å². The molecule has 0 spiro atoms. The van der Waals surface area contributed by atoms with E-state index in [1.54, 1.807) is 0 Å². The van der Waals surface area contributed by atoms with Crippen LogP contribution < -0.4 is 0 Å². The first-order valence-electron chi connectivity index (χ1n) is 6.04. The van der Waals surface area contributed by atoms with E-state index >= 15 is 0 Å². The maximum Gasteiger partial charge on any atom is 0.305 e. The first kappa shape index (κ1) is 14.0. The molecule has 0 atom stereocenters. The number of hydrogen-bond donors (Lipinski definition) is 1. The Morgan fingerprint density at radius 2 is 1.59 bits per heavy atom. The fourth-order valence-corrected chi connectivity index (χ4v) is 1.60. The van der Waals surface area contributed by atoms with Gasteiger partial charge in [-0.05, 0) is 19.3 Å². The van der Waals surface area contributed by atoms with Crippen molar-refractivity contribution < 1.29 is 24.2 Å². The van der Waals surface area contributed by atoms with Gasteiger partial charge < -0.3 is 14.6 Å². The molecule has 0 aromatic rings. The third-order valence-electron chi connectivity index (χ3n) is 3.18. The molecular weight excluding hydrogens is 224 g/mol. The Balaban J connectivity index is 2.68. The summed E-state index contributed by atoms with van der Waals surface area (Å²) in [6.45, 7) is 1.92. The predicted octanol–water partition coefficient (Wildman–Crippen LogP) is 1.04. The molecule has 0 radical (unpaired) electrons. The van der Waals surface area contributed by atoms with Gasteiger partial charge in [0, 0.05) is 12.8 Å². The number of carbonyl (C=O) groups is 2. The van der Waals surface area contributed by atoms with Crippen molar-refractivity contribution >= 4 is 11.9 Å². The fourth-order valence-electron chi connectivity index (χ4n) is 1.60. The summed E-state index contributed by atoms with van der Waals surface area (Å²) in [4.78, 5) is 22.8. The van der Waals surface area contributed by atoms with Crippen LogP contribution in [0.1, 0.15) is 39.0 Å². The highest BCUT2D eigenvalue weighted by atomic mass is 16.5. The number of esters is 2. The summed E-state index contributed by atoms with van der Waals surface area (Å²) in [5.74, 6) is -0.545. The van der Waals surface area contributed by atoms with Crippen molar-refractivity contribution in [3.63, 3.8) is 0 Å². The number of cyclic esters (lactones) is 2. The van der Waals surface area contributed by atoms with Crippen LogP contribution >= 0.6 is 0 Å². The minimum absolute atomic E-state index is 0.103. The maximum absolute atomic E-state index is 11.4. The van der Waals surface area contributed by atoms with Crippen molar-refractivity contribution in [2.24, 2.45) is 5.41 Å². The van der Waals surface area contributed by atoms with Crippen molar-refractivity contribution in [3.8, 4) is 0 Å². The van der Waals surface area contributed by atoms with Gasteiger partial charge in [0.15, 0.2) is 0 Å². The van der Waals surface area contributed by atoms with Crippen LogP contribution in [0.5, 0.6) is 0 Å². The van der Waals surface area contributed by atoms with Gasteiger partial charge in [0.25, 0.3) is 0 Å². The molecule has 0 aliphatic carbocycles. The summed E-state index contributed by atoms with van der Waals surface area (Å²) in [7, 11) is 0. The monoisotopic (exact) mass is 244 g/mol. The van der Waals surface area contributed by atoms with Gasteiger partial charge in [-0.3, -0.25) is 9.59 Å². The van der Waals surface area contributed by atoms with Crippen molar-refractivity contribution in [1.82, 2.24) is 0 Å². The van der Waals surface area contributed by atoms with Crippen molar-refractivity contribution in [2.45, 2.75) is 39.0 Å². The molecule has 0 bridgehead atoms. The first-order chi connectivity index (χ1) is 8.12. The van der Waals surface area contributed by atoms with E-state index in [1.807, 2.05) is 6.92 Å². The molecule has 0 saturated carbocycles. The molecule has 1 fully saturated rings. The van der Waals surface area contributed by atoms with E-state index in [4.69, 9.17) is 9.47 Å². The highest BCUT2D eigenvalue weighted by Gasteiger charge is 2.31. The summed E-state index contributed by atoms with van der Waals surface area (Å²) < 4.78 is 10.2. The molecule has 0 unspecified atom stereocenters. The van der Waals surface area contributed by atoms with Crippen LogP contribution in [-0.4, -0.2) is 36.9 Å².